The molecule has 0 saturated heterocycles. The molecule has 0 spiro atoms. The van der Waals surface area contributed by atoms with Gasteiger partial charge in [-0.2, -0.15) is 0 Å². The van der Waals surface area contributed by atoms with Crippen LogP contribution in [0.25, 0.3) is 0 Å². The highest BCUT2D eigenvalue weighted by Gasteiger charge is 1.95. The van der Waals surface area contributed by atoms with E-state index in [-0.39, 0.29) is 0 Å². The second kappa shape index (κ2) is 12.6. The van der Waals surface area contributed by atoms with Crippen molar-refractivity contribution in [3.05, 3.63) is 0 Å². The molecule has 1 fully saturated rings. The molecular weight excluding hydrogens is 134 g/mol. The lowest BCUT2D eigenvalue weighted by Gasteiger charge is -1.90. The van der Waals surface area contributed by atoms with Gasteiger partial charge >= 0.3 is 0 Å². The molecule has 0 atom stereocenters. The second-order valence-corrected chi connectivity index (χ2v) is 3.40. The first-order chi connectivity index (χ1) is 5.15. The van der Waals surface area contributed by atoms with E-state index in [2.05, 4.69) is 13.8 Å². The standard InChI is InChI=1S/C4H10.C3H9N.C3H6/c1-3-4-2;1-4(2)3;1-2-3-1/h3-4H2,1-2H3;1-3H3;1-3H2. The lowest BCUT2D eigenvalue weighted by molar-refractivity contribution is 0.505. The summed E-state index contributed by atoms with van der Waals surface area (Å²) in [6.07, 6.45) is 7.14. The maximum Gasteiger partial charge on any atom is -0.0140 e. The van der Waals surface area contributed by atoms with E-state index in [1.54, 1.807) is 0 Å². The van der Waals surface area contributed by atoms with Gasteiger partial charge in [-0.25, -0.2) is 0 Å². The van der Waals surface area contributed by atoms with Crippen LogP contribution in [0.1, 0.15) is 46.0 Å². The van der Waals surface area contributed by atoms with Gasteiger partial charge in [-0.1, -0.05) is 46.0 Å². The van der Waals surface area contributed by atoms with Gasteiger partial charge < -0.3 is 4.90 Å². The monoisotopic (exact) mass is 159 g/mol. The van der Waals surface area contributed by atoms with Gasteiger partial charge in [0, 0.05) is 0 Å². The van der Waals surface area contributed by atoms with Gasteiger partial charge in [0.2, 0.25) is 0 Å². The van der Waals surface area contributed by atoms with Crippen molar-refractivity contribution in [1.29, 1.82) is 0 Å². The Morgan fingerprint density at radius 3 is 1.00 bits per heavy atom. The predicted octanol–water partition coefficient (Wildman–Crippen LogP) is 3.15. The summed E-state index contributed by atoms with van der Waals surface area (Å²) in [6, 6.07) is 0. The molecule has 0 amide bonds. The highest BCUT2D eigenvalue weighted by Crippen LogP contribution is 2.14. The van der Waals surface area contributed by atoms with E-state index in [0.29, 0.717) is 0 Å². The molecule has 1 heteroatoms. The summed E-state index contributed by atoms with van der Waals surface area (Å²) in [6.45, 7) is 4.36. The molecule has 1 aliphatic carbocycles. The van der Waals surface area contributed by atoms with Crippen molar-refractivity contribution in [2.75, 3.05) is 21.1 Å². The SMILES string of the molecule is C1CC1.CCCC.CN(C)C. The van der Waals surface area contributed by atoms with E-state index < -0.39 is 0 Å². The zero-order valence-corrected chi connectivity index (χ0v) is 8.98. The van der Waals surface area contributed by atoms with Gasteiger partial charge in [-0.05, 0) is 21.1 Å². The maximum atomic E-state index is 2.18. The Bertz CT molecular complexity index is 41.3. The molecule has 70 valence electrons. The van der Waals surface area contributed by atoms with E-state index in [1.165, 1.54) is 32.1 Å². The van der Waals surface area contributed by atoms with Crippen molar-refractivity contribution in [1.82, 2.24) is 4.90 Å². The fourth-order valence-corrected chi connectivity index (χ4v) is 0. The minimum absolute atomic E-state index is 1.32. The molecule has 1 nitrogen and oxygen atoms in total. The first-order valence-electron chi connectivity index (χ1n) is 4.76. The van der Waals surface area contributed by atoms with E-state index in [1.807, 2.05) is 26.0 Å². The van der Waals surface area contributed by atoms with Crippen molar-refractivity contribution in [3.63, 3.8) is 0 Å². The second-order valence-electron chi connectivity index (χ2n) is 3.40. The number of nitrogens with zero attached hydrogens (tertiary/aromatic N) is 1. The van der Waals surface area contributed by atoms with Crippen LogP contribution < -0.4 is 0 Å². The minimum Gasteiger partial charge on any atom is -0.312 e. The Morgan fingerprint density at radius 2 is 1.00 bits per heavy atom. The van der Waals surface area contributed by atoms with Gasteiger partial charge in [0.05, 0.1) is 0 Å². The molecular formula is C10H25N. The Balaban J connectivity index is 0. The van der Waals surface area contributed by atoms with E-state index >= 15 is 0 Å². The van der Waals surface area contributed by atoms with Crippen LogP contribution >= 0.6 is 0 Å². The Labute approximate surface area is 72.8 Å². The molecule has 0 radical (unpaired) electrons. The highest BCUT2D eigenvalue weighted by molar-refractivity contribution is 4.50. The minimum atomic E-state index is 1.32. The summed E-state index contributed by atoms with van der Waals surface area (Å²) in [5.41, 5.74) is 0. The fraction of sp³-hybridized carbons (Fsp3) is 1.00. The molecule has 1 rings (SSSR count). The number of rotatable bonds is 1. The summed E-state index contributed by atoms with van der Waals surface area (Å²) in [7, 11) is 6.00. The van der Waals surface area contributed by atoms with Gasteiger partial charge in [0.25, 0.3) is 0 Å². The van der Waals surface area contributed by atoms with Crippen LogP contribution in [-0.2, 0) is 0 Å². The molecule has 0 aromatic heterocycles. The summed E-state index contributed by atoms with van der Waals surface area (Å²) in [5, 5.41) is 0. The third-order valence-electron chi connectivity index (χ3n) is 0.854. The third kappa shape index (κ3) is 164. The summed E-state index contributed by atoms with van der Waals surface area (Å²) in [5.74, 6) is 0. The van der Waals surface area contributed by atoms with Crippen molar-refractivity contribution >= 4 is 0 Å². The van der Waals surface area contributed by atoms with Crippen LogP contribution in [-0.4, -0.2) is 26.0 Å². The zero-order chi connectivity index (χ0) is 9.11. The molecule has 0 aliphatic heterocycles. The highest BCUT2D eigenvalue weighted by atomic mass is 15.0. The largest absolute Gasteiger partial charge is 0.312 e. The number of unbranched alkanes of at least 4 members (excludes halogenated alkanes) is 1. The molecule has 1 aliphatic rings. The van der Waals surface area contributed by atoms with Crippen molar-refractivity contribution in [2.45, 2.75) is 46.0 Å². The molecule has 11 heavy (non-hydrogen) atoms. The average molecular weight is 159 g/mol. The smallest absolute Gasteiger partial charge is 0.0140 e. The third-order valence-corrected chi connectivity index (χ3v) is 0.854. The van der Waals surface area contributed by atoms with Crippen LogP contribution in [0.15, 0.2) is 0 Å². The van der Waals surface area contributed by atoms with Crippen molar-refractivity contribution in [3.8, 4) is 0 Å². The fourth-order valence-electron chi connectivity index (χ4n) is 0. The quantitative estimate of drug-likeness (QED) is 0.568. The maximum absolute atomic E-state index is 2.18. The topological polar surface area (TPSA) is 3.24 Å². The summed E-state index contributed by atoms with van der Waals surface area (Å²) in [4.78, 5) is 2.00. The molecule has 0 N–H and O–H groups in total. The molecule has 0 bridgehead atoms. The van der Waals surface area contributed by atoms with Gasteiger partial charge in [-0.3, -0.25) is 0 Å². The number of hydrogen-bond acceptors (Lipinski definition) is 1. The normalized spacial score (nSPS) is 12.5. The van der Waals surface area contributed by atoms with Crippen LogP contribution in [0, 0.1) is 0 Å². The van der Waals surface area contributed by atoms with Crippen molar-refractivity contribution < 1.29 is 0 Å². The Kier molecular flexibility index (Phi) is 15.5. The molecule has 0 unspecified atom stereocenters. The molecule has 0 heterocycles. The summed E-state index contributed by atoms with van der Waals surface area (Å²) < 4.78 is 0. The van der Waals surface area contributed by atoms with Crippen LogP contribution in [0.5, 0.6) is 0 Å². The van der Waals surface area contributed by atoms with Gasteiger partial charge in [0.15, 0.2) is 0 Å². The van der Waals surface area contributed by atoms with Crippen molar-refractivity contribution in [2.24, 2.45) is 0 Å². The Hall–Kier alpha value is -0.0400. The first kappa shape index (κ1) is 13.5. The molecule has 0 aromatic carbocycles. The predicted molar refractivity (Wildman–Crippen MR) is 54.0 cm³/mol. The van der Waals surface area contributed by atoms with Gasteiger partial charge in [-0.15, -0.1) is 0 Å². The first-order valence-corrected chi connectivity index (χ1v) is 4.76. The molecule has 1 saturated carbocycles. The lowest BCUT2D eigenvalue weighted by Crippen LogP contribution is -1.99. The summed E-state index contributed by atoms with van der Waals surface area (Å²) >= 11 is 0. The average Bonchev–Trinajstić information content (AvgIpc) is 2.70. The molecule has 0 aromatic rings. The van der Waals surface area contributed by atoms with Crippen LogP contribution in [0.3, 0.4) is 0 Å². The van der Waals surface area contributed by atoms with Gasteiger partial charge in [0.1, 0.15) is 0 Å². The van der Waals surface area contributed by atoms with E-state index in [4.69, 9.17) is 0 Å². The van der Waals surface area contributed by atoms with E-state index in [0.717, 1.165) is 0 Å². The van der Waals surface area contributed by atoms with Crippen LogP contribution in [0.2, 0.25) is 0 Å². The van der Waals surface area contributed by atoms with E-state index in [9.17, 15) is 0 Å². The number of hydrogen-bond donors (Lipinski definition) is 0. The lowest BCUT2D eigenvalue weighted by atomic mass is 10.4. The zero-order valence-electron chi connectivity index (χ0n) is 8.98. The Morgan fingerprint density at radius 1 is 0.818 bits per heavy atom. The van der Waals surface area contributed by atoms with Crippen LogP contribution in [0.4, 0.5) is 0 Å².